The molecule has 1 N–H and O–H groups in total. The number of aliphatic imine (C=N–C) groups is 1. The van der Waals surface area contributed by atoms with Crippen molar-refractivity contribution in [2.75, 3.05) is 11.5 Å². The largest absolute Gasteiger partial charge is 0.494 e. The Labute approximate surface area is 159 Å². The van der Waals surface area contributed by atoms with E-state index in [1.807, 2.05) is 0 Å². The van der Waals surface area contributed by atoms with E-state index >= 15 is 0 Å². The van der Waals surface area contributed by atoms with Crippen molar-refractivity contribution >= 4 is 21.7 Å². The number of nitrogens with zero attached hydrogens (tertiary/aromatic N) is 3. The highest BCUT2D eigenvalue weighted by Crippen LogP contribution is 2.30. The summed E-state index contributed by atoms with van der Waals surface area (Å²) in [5.74, 6) is -3.13. The monoisotopic (exact) mass is 407 g/mol. The number of aromatic hydroxyl groups is 1. The molecule has 0 unspecified atom stereocenters. The van der Waals surface area contributed by atoms with Crippen molar-refractivity contribution in [2.45, 2.75) is 19.4 Å². The minimum Gasteiger partial charge on any atom is -0.494 e. The van der Waals surface area contributed by atoms with Crippen LogP contribution in [0.4, 0.5) is 14.5 Å². The fraction of sp³-hybridized carbons (Fsp3) is 0.278. The van der Waals surface area contributed by atoms with E-state index in [-0.39, 0.29) is 40.3 Å². The highest BCUT2D eigenvalue weighted by molar-refractivity contribution is 7.91. The molecule has 1 aromatic carbocycles. The summed E-state index contributed by atoms with van der Waals surface area (Å²) < 4.78 is 50.8. The zero-order chi connectivity index (χ0) is 20.6. The van der Waals surface area contributed by atoms with Crippen LogP contribution in [0.15, 0.2) is 28.0 Å². The molecule has 0 bridgehead atoms. The van der Waals surface area contributed by atoms with E-state index in [9.17, 15) is 32.4 Å². The Bertz CT molecular complexity index is 1200. The third-order valence-electron chi connectivity index (χ3n) is 4.61. The molecule has 10 heteroatoms. The topological polar surface area (TPSA) is 113 Å². The Morgan fingerprint density at radius 1 is 1.36 bits per heavy atom. The molecule has 1 aliphatic heterocycles. The second-order valence-electron chi connectivity index (χ2n) is 6.44. The number of aromatic nitrogens is 1. The van der Waals surface area contributed by atoms with Crippen LogP contribution in [0.1, 0.15) is 29.2 Å². The molecule has 1 aromatic heterocycles. The van der Waals surface area contributed by atoms with Crippen LogP contribution in [-0.4, -0.2) is 35.8 Å². The molecule has 0 aliphatic carbocycles. The van der Waals surface area contributed by atoms with Gasteiger partial charge in [0.1, 0.15) is 11.6 Å². The van der Waals surface area contributed by atoms with Crippen LogP contribution in [0, 0.1) is 29.9 Å². The molecule has 1 saturated heterocycles. The predicted octanol–water partition coefficient (Wildman–Crippen LogP) is 2.12. The van der Waals surface area contributed by atoms with Gasteiger partial charge < -0.3 is 5.11 Å². The molecule has 1 aliphatic rings. The maximum atomic E-state index is 13.3. The number of sulfone groups is 1. The smallest absolute Gasteiger partial charge is 0.271 e. The number of rotatable bonds is 3. The molecule has 146 valence electrons. The van der Waals surface area contributed by atoms with E-state index in [0.29, 0.717) is 0 Å². The zero-order valence-corrected chi connectivity index (χ0v) is 15.5. The van der Waals surface area contributed by atoms with Crippen LogP contribution < -0.4 is 5.56 Å². The summed E-state index contributed by atoms with van der Waals surface area (Å²) in [7, 11) is -3.35. The first kappa shape index (κ1) is 19.7. The molecule has 3 rings (SSSR count). The van der Waals surface area contributed by atoms with Gasteiger partial charge >= 0.3 is 0 Å². The first-order chi connectivity index (χ1) is 13.1. The number of nitriles is 1. The first-order valence-corrected chi connectivity index (χ1v) is 10.0. The van der Waals surface area contributed by atoms with E-state index in [0.717, 1.165) is 22.9 Å². The molecule has 0 amide bonds. The summed E-state index contributed by atoms with van der Waals surface area (Å²) in [6.07, 6.45) is 1.25. The molecule has 0 saturated carbocycles. The van der Waals surface area contributed by atoms with Gasteiger partial charge in [-0.3, -0.25) is 14.4 Å². The van der Waals surface area contributed by atoms with Crippen molar-refractivity contribution in [1.29, 1.82) is 5.26 Å². The van der Waals surface area contributed by atoms with Gasteiger partial charge in [0, 0.05) is 12.3 Å². The lowest BCUT2D eigenvalue weighted by Crippen LogP contribution is -2.29. The molecule has 0 radical (unpaired) electrons. The summed E-state index contributed by atoms with van der Waals surface area (Å²) >= 11 is 0. The lowest BCUT2D eigenvalue weighted by atomic mass is 10.0. The van der Waals surface area contributed by atoms with Crippen LogP contribution in [0.2, 0.25) is 0 Å². The maximum absolute atomic E-state index is 13.3. The van der Waals surface area contributed by atoms with Crippen molar-refractivity contribution in [1.82, 2.24) is 4.57 Å². The number of hydrogen-bond donors (Lipinski definition) is 1. The van der Waals surface area contributed by atoms with Gasteiger partial charge in [-0.2, -0.15) is 5.26 Å². The molecule has 2 aromatic rings. The standard InChI is InChI=1S/C18H15F2N3O4S/c1-10-13(7-21)17(24)23(12-4-5-28(26,27)9-12)18(25)14(10)8-22-11-2-3-15(19)16(20)6-11/h2-3,6,8,12,25H,4-5,9H2,1H3/t12-/m0/s1. The number of pyridine rings is 1. The summed E-state index contributed by atoms with van der Waals surface area (Å²) in [5.41, 5.74) is -0.825. The Morgan fingerprint density at radius 3 is 2.64 bits per heavy atom. The highest BCUT2D eigenvalue weighted by atomic mass is 32.2. The van der Waals surface area contributed by atoms with Crippen LogP contribution in [0.3, 0.4) is 0 Å². The van der Waals surface area contributed by atoms with Crippen LogP contribution in [-0.2, 0) is 9.84 Å². The summed E-state index contributed by atoms with van der Waals surface area (Å²) in [4.78, 5) is 16.6. The predicted molar refractivity (Wildman–Crippen MR) is 97.7 cm³/mol. The van der Waals surface area contributed by atoms with E-state index in [2.05, 4.69) is 4.99 Å². The SMILES string of the molecule is Cc1c(C=Nc2ccc(F)c(F)c2)c(O)n([C@H]2CCS(=O)(=O)C2)c(=O)c1C#N. The third-order valence-corrected chi connectivity index (χ3v) is 6.36. The highest BCUT2D eigenvalue weighted by Gasteiger charge is 2.33. The van der Waals surface area contributed by atoms with Crippen molar-refractivity contribution in [3.05, 3.63) is 56.9 Å². The molecular formula is C18H15F2N3O4S. The average molecular weight is 407 g/mol. The summed E-state index contributed by atoms with van der Waals surface area (Å²) in [6.45, 7) is 1.43. The average Bonchev–Trinajstić information content (AvgIpc) is 2.97. The molecule has 0 spiro atoms. The molecule has 1 atom stereocenters. The van der Waals surface area contributed by atoms with E-state index in [4.69, 9.17) is 0 Å². The van der Waals surface area contributed by atoms with Gasteiger partial charge in [-0.25, -0.2) is 17.2 Å². The Morgan fingerprint density at radius 2 is 2.07 bits per heavy atom. The van der Waals surface area contributed by atoms with Crippen molar-refractivity contribution in [3.8, 4) is 11.9 Å². The first-order valence-electron chi connectivity index (χ1n) is 8.22. The minimum atomic E-state index is -3.35. The minimum absolute atomic E-state index is 0.0187. The number of benzene rings is 1. The van der Waals surface area contributed by atoms with Crippen LogP contribution in [0.5, 0.6) is 5.88 Å². The number of halogens is 2. The fourth-order valence-corrected chi connectivity index (χ4v) is 4.82. The fourth-order valence-electron chi connectivity index (χ4n) is 3.12. The van der Waals surface area contributed by atoms with E-state index in [1.165, 1.54) is 13.0 Å². The quantitative estimate of drug-likeness (QED) is 0.783. The van der Waals surface area contributed by atoms with Gasteiger partial charge in [-0.15, -0.1) is 0 Å². The van der Waals surface area contributed by atoms with Gasteiger partial charge in [0.05, 0.1) is 28.8 Å². The Balaban J connectivity index is 2.14. The second-order valence-corrected chi connectivity index (χ2v) is 8.67. The summed E-state index contributed by atoms with van der Waals surface area (Å²) in [6, 6.07) is 3.91. The maximum Gasteiger partial charge on any atom is 0.271 e. The van der Waals surface area contributed by atoms with Crippen molar-refractivity contribution < 1.29 is 22.3 Å². The Hall–Kier alpha value is -3.06. The van der Waals surface area contributed by atoms with Gasteiger partial charge in [-0.1, -0.05) is 0 Å². The lowest BCUT2D eigenvalue weighted by molar-refractivity contribution is 0.379. The van der Waals surface area contributed by atoms with Crippen molar-refractivity contribution in [3.63, 3.8) is 0 Å². The summed E-state index contributed by atoms with van der Waals surface area (Å²) in [5, 5.41) is 19.9. The molecule has 7 nitrogen and oxygen atoms in total. The Kier molecular flexibility index (Phi) is 5.04. The van der Waals surface area contributed by atoms with E-state index in [1.54, 1.807) is 6.07 Å². The normalized spacial score (nSPS) is 18.4. The zero-order valence-electron chi connectivity index (χ0n) is 14.7. The van der Waals surface area contributed by atoms with Gasteiger partial charge in [0.25, 0.3) is 5.56 Å². The molecular weight excluding hydrogens is 392 g/mol. The molecule has 1 fully saturated rings. The van der Waals surface area contributed by atoms with Gasteiger partial charge in [0.2, 0.25) is 5.88 Å². The second kappa shape index (κ2) is 7.16. The van der Waals surface area contributed by atoms with Crippen LogP contribution >= 0.6 is 0 Å². The van der Waals surface area contributed by atoms with E-state index < -0.39 is 39.0 Å². The van der Waals surface area contributed by atoms with Gasteiger partial charge in [-0.05, 0) is 31.0 Å². The lowest BCUT2D eigenvalue weighted by Gasteiger charge is -2.18. The van der Waals surface area contributed by atoms with Crippen LogP contribution in [0.25, 0.3) is 0 Å². The molecule has 28 heavy (non-hydrogen) atoms. The third kappa shape index (κ3) is 3.53. The van der Waals surface area contributed by atoms with Gasteiger partial charge in [0.15, 0.2) is 21.5 Å². The molecule has 2 heterocycles. The van der Waals surface area contributed by atoms with Crippen molar-refractivity contribution in [2.24, 2.45) is 4.99 Å². The number of hydrogen-bond acceptors (Lipinski definition) is 6.